The van der Waals surface area contributed by atoms with Gasteiger partial charge in [-0.3, -0.25) is 0 Å². The molecule has 0 saturated heterocycles. The van der Waals surface area contributed by atoms with Crippen molar-refractivity contribution in [1.29, 1.82) is 0 Å². The van der Waals surface area contributed by atoms with Crippen molar-refractivity contribution in [2.45, 2.75) is 44.2 Å². The average molecular weight is 212 g/mol. The Balaban J connectivity index is 1.98. The van der Waals surface area contributed by atoms with Gasteiger partial charge in [-0.05, 0) is 19.4 Å². The van der Waals surface area contributed by atoms with Crippen LogP contribution >= 0.6 is 0 Å². The Morgan fingerprint density at radius 3 is 2.14 bits per heavy atom. The summed E-state index contributed by atoms with van der Waals surface area (Å²) in [6.07, 6.45) is 11.0. The zero-order chi connectivity index (χ0) is 9.86. The topological polar surface area (TPSA) is 18.5 Å². The molecule has 0 bridgehead atoms. The van der Waals surface area contributed by atoms with Gasteiger partial charge in [0.15, 0.2) is 0 Å². The van der Waals surface area contributed by atoms with Gasteiger partial charge in [0, 0.05) is 5.54 Å². The van der Waals surface area contributed by atoms with Gasteiger partial charge in [0.25, 0.3) is 0 Å². The van der Waals surface area contributed by atoms with Crippen LogP contribution in [-0.4, -0.2) is 21.8 Å². The summed E-state index contributed by atoms with van der Waals surface area (Å²) in [5.41, 5.74) is 0.733. The van der Waals surface area contributed by atoms with E-state index in [2.05, 4.69) is 18.7 Å². The highest BCUT2D eigenvalue weighted by Crippen LogP contribution is 2.38. The first-order valence-electron chi connectivity index (χ1n) is 5.74. The Morgan fingerprint density at radius 2 is 1.57 bits per heavy atom. The highest BCUT2D eigenvalue weighted by atomic mass is 28.4. The molecule has 0 spiro atoms. The molecule has 1 saturated carbocycles. The van der Waals surface area contributed by atoms with Crippen molar-refractivity contribution in [3.63, 3.8) is 0 Å². The summed E-state index contributed by atoms with van der Waals surface area (Å²) in [6.45, 7) is 3.77. The predicted molar refractivity (Wildman–Crippen MR) is 59.5 cm³/mol. The van der Waals surface area contributed by atoms with Crippen LogP contribution < -0.4 is 0 Å². The second-order valence-electron chi connectivity index (χ2n) is 4.44. The Morgan fingerprint density at radius 1 is 1.00 bits per heavy atom. The lowest BCUT2D eigenvalue weighted by molar-refractivity contribution is 0.195. The van der Waals surface area contributed by atoms with E-state index in [-0.39, 0.29) is 0 Å². The maximum absolute atomic E-state index is 5.96. The fraction of sp³-hybridized carbons (Fsp3) is 0.818. The van der Waals surface area contributed by atoms with E-state index in [0.717, 1.165) is 18.8 Å². The van der Waals surface area contributed by atoms with Gasteiger partial charge in [0.1, 0.15) is 0 Å². The highest BCUT2D eigenvalue weighted by Gasteiger charge is 2.41. The van der Waals surface area contributed by atoms with Gasteiger partial charge < -0.3 is 8.85 Å². The zero-order valence-corrected chi connectivity index (χ0v) is 10.00. The minimum absolute atomic E-state index is 0.733. The van der Waals surface area contributed by atoms with Gasteiger partial charge in [-0.25, -0.2) is 0 Å². The lowest BCUT2D eigenvalue weighted by atomic mass is 10.0. The molecule has 0 aromatic heterocycles. The molecule has 0 amide bonds. The number of hydrogen-bond acceptors (Lipinski definition) is 2. The van der Waals surface area contributed by atoms with E-state index in [4.69, 9.17) is 8.85 Å². The molecule has 2 nitrogen and oxygen atoms in total. The van der Waals surface area contributed by atoms with Gasteiger partial charge in [0.05, 0.1) is 13.2 Å². The Kier molecular flexibility index (Phi) is 3.41. The molecule has 0 radical (unpaired) electrons. The molecule has 80 valence electrons. The third-order valence-corrected chi connectivity index (χ3v) is 6.99. The molecular weight excluding hydrogens is 192 g/mol. The normalized spacial score (nSPS) is 28.6. The Labute approximate surface area is 87.5 Å². The van der Waals surface area contributed by atoms with E-state index in [1.54, 1.807) is 0 Å². The van der Waals surface area contributed by atoms with Crippen molar-refractivity contribution in [3.05, 3.63) is 12.2 Å². The largest absolute Gasteiger partial charge is 0.390 e. The van der Waals surface area contributed by atoms with Crippen LogP contribution in [0.1, 0.15) is 32.1 Å². The van der Waals surface area contributed by atoms with Crippen molar-refractivity contribution in [3.8, 4) is 0 Å². The molecule has 0 aromatic carbocycles. The molecule has 0 aromatic rings. The maximum atomic E-state index is 5.96. The summed E-state index contributed by atoms with van der Waals surface area (Å²) in [5.74, 6) is 0. The van der Waals surface area contributed by atoms with Gasteiger partial charge in [-0.2, -0.15) is 0 Å². The molecule has 14 heavy (non-hydrogen) atoms. The standard InChI is InChI=1S/C11H20O2Si/c1-14(11-7-3-2-4-8-11)12-9-5-6-10-13-14/h5-6,11H,2-4,7-10H2,1H3. The van der Waals surface area contributed by atoms with Crippen LogP contribution in [-0.2, 0) is 8.85 Å². The number of rotatable bonds is 1. The minimum Gasteiger partial charge on any atom is -0.390 e. The molecule has 2 aliphatic rings. The lowest BCUT2D eigenvalue weighted by Crippen LogP contribution is -2.44. The average Bonchev–Trinajstić information content (AvgIpc) is 2.46. The smallest absolute Gasteiger partial charge is 0.338 e. The first kappa shape index (κ1) is 10.4. The maximum Gasteiger partial charge on any atom is 0.338 e. The van der Waals surface area contributed by atoms with E-state index in [1.807, 2.05) is 0 Å². The van der Waals surface area contributed by atoms with Crippen LogP contribution in [0.4, 0.5) is 0 Å². The molecular formula is C11H20O2Si. The van der Waals surface area contributed by atoms with Gasteiger partial charge in [-0.1, -0.05) is 31.4 Å². The lowest BCUT2D eigenvalue weighted by Gasteiger charge is -2.35. The van der Waals surface area contributed by atoms with Crippen LogP contribution in [0.5, 0.6) is 0 Å². The zero-order valence-electron chi connectivity index (χ0n) is 9.00. The van der Waals surface area contributed by atoms with Crippen LogP contribution in [0.15, 0.2) is 12.2 Å². The monoisotopic (exact) mass is 212 g/mol. The molecule has 2 rings (SSSR count). The minimum atomic E-state index is -1.85. The summed E-state index contributed by atoms with van der Waals surface area (Å²) < 4.78 is 11.9. The van der Waals surface area contributed by atoms with Crippen molar-refractivity contribution < 1.29 is 8.85 Å². The van der Waals surface area contributed by atoms with Crippen LogP contribution in [0, 0.1) is 0 Å². The fourth-order valence-corrected chi connectivity index (χ4v) is 5.33. The quantitative estimate of drug-likeness (QED) is 0.491. The van der Waals surface area contributed by atoms with Crippen LogP contribution in [0.2, 0.25) is 12.1 Å². The Hall–Kier alpha value is -0.123. The van der Waals surface area contributed by atoms with E-state index in [0.29, 0.717) is 0 Å². The fourth-order valence-electron chi connectivity index (χ4n) is 2.47. The van der Waals surface area contributed by atoms with Crippen LogP contribution in [0.3, 0.4) is 0 Å². The molecule has 1 heterocycles. The van der Waals surface area contributed by atoms with Crippen molar-refractivity contribution in [2.75, 3.05) is 13.2 Å². The third-order valence-electron chi connectivity index (χ3n) is 3.45. The van der Waals surface area contributed by atoms with Crippen molar-refractivity contribution in [1.82, 2.24) is 0 Å². The van der Waals surface area contributed by atoms with Crippen molar-refractivity contribution in [2.24, 2.45) is 0 Å². The summed E-state index contributed by atoms with van der Waals surface area (Å²) in [5, 5.41) is 0. The summed E-state index contributed by atoms with van der Waals surface area (Å²) in [6, 6.07) is 0. The molecule has 1 fully saturated rings. The molecule has 0 N–H and O–H groups in total. The van der Waals surface area contributed by atoms with E-state index < -0.39 is 8.56 Å². The summed E-state index contributed by atoms with van der Waals surface area (Å²) in [7, 11) is -1.85. The first-order chi connectivity index (χ1) is 6.81. The third kappa shape index (κ3) is 2.27. The second-order valence-corrected chi connectivity index (χ2v) is 7.87. The van der Waals surface area contributed by atoms with E-state index >= 15 is 0 Å². The molecule has 1 aliphatic carbocycles. The molecule has 3 heteroatoms. The molecule has 0 unspecified atom stereocenters. The van der Waals surface area contributed by atoms with Gasteiger partial charge >= 0.3 is 8.56 Å². The Bertz CT molecular complexity index is 199. The van der Waals surface area contributed by atoms with Gasteiger partial charge in [0.2, 0.25) is 0 Å². The SMILES string of the molecule is C[Si]1(C2CCCCC2)OCC=CCO1. The highest BCUT2D eigenvalue weighted by molar-refractivity contribution is 6.67. The first-order valence-corrected chi connectivity index (χ1v) is 8.13. The molecule has 1 aliphatic heterocycles. The van der Waals surface area contributed by atoms with E-state index in [9.17, 15) is 0 Å². The van der Waals surface area contributed by atoms with E-state index in [1.165, 1.54) is 32.1 Å². The number of hydrogen-bond donors (Lipinski definition) is 0. The van der Waals surface area contributed by atoms with Crippen LogP contribution in [0.25, 0.3) is 0 Å². The summed E-state index contributed by atoms with van der Waals surface area (Å²) >= 11 is 0. The predicted octanol–water partition coefficient (Wildman–Crippen LogP) is 3.00. The summed E-state index contributed by atoms with van der Waals surface area (Å²) in [4.78, 5) is 0. The second kappa shape index (κ2) is 4.60. The van der Waals surface area contributed by atoms with Crippen molar-refractivity contribution >= 4 is 8.56 Å². The van der Waals surface area contributed by atoms with Gasteiger partial charge in [-0.15, -0.1) is 0 Å². The molecule has 0 atom stereocenters.